The standard InChI is InChI=1S/C19H34N4O2S.HI/c1-6-20-19(21-12-9-13-23(7-2)8-3)22-15-17-10-11-18(16(4)14-17)26(5,24)25;/h10-11,14H,6-9,12-13,15H2,1-5H3,(H2,20,21,22);1H. The molecule has 0 saturated heterocycles. The van der Waals surface area contributed by atoms with Gasteiger partial charge in [-0.25, -0.2) is 13.4 Å². The zero-order valence-corrected chi connectivity index (χ0v) is 20.4. The molecular weight excluding hydrogens is 475 g/mol. The van der Waals surface area contributed by atoms with Crippen LogP contribution in [0.5, 0.6) is 0 Å². The van der Waals surface area contributed by atoms with Gasteiger partial charge in [-0.15, -0.1) is 24.0 Å². The average molecular weight is 510 g/mol. The number of nitrogens with one attached hydrogen (secondary N) is 2. The second-order valence-corrected chi connectivity index (χ2v) is 8.36. The van der Waals surface area contributed by atoms with E-state index in [1.165, 1.54) is 6.26 Å². The van der Waals surface area contributed by atoms with Gasteiger partial charge in [-0.2, -0.15) is 0 Å². The molecule has 1 aromatic rings. The molecule has 0 atom stereocenters. The number of hydrogen-bond donors (Lipinski definition) is 2. The number of guanidine groups is 1. The van der Waals surface area contributed by atoms with Crippen LogP contribution in [0.3, 0.4) is 0 Å². The normalized spacial score (nSPS) is 12.0. The van der Waals surface area contributed by atoms with Crippen LogP contribution in [-0.4, -0.2) is 58.3 Å². The zero-order valence-electron chi connectivity index (χ0n) is 17.2. The summed E-state index contributed by atoms with van der Waals surface area (Å²) in [4.78, 5) is 7.39. The predicted molar refractivity (Wildman–Crippen MR) is 125 cm³/mol. The molecule has 2 N–H and O–H groups in total. The first-order valence-electron chi connectivity index (χ1n) is 9.35. The lowest BCUT2D eigenvalue weighted by atomic mass is 10.1. The van der Waals surface area contributed by atoms with Crippen molar-refractivity contribution in [3.05, 3.63) is 29.3 Å². The molecular formula is C19H35IN4O2S. The minimum Gasteiger partial charge on any atom is -0.357 e. The second kappa shape index (κ2) is 13.3. The minimum atomic E-state index is -3.18. The van der Waals surface area contributed by atoms with Crippen molar-refractivity contribution in [3.63, 3.8) is 0 Å². The van der Waals surface area contributed by atoms with Crippen molar-refractivity contribution in [1.82, 2.24) is 15.5 Å². The summed E-state index contributed by atoms with van der Waals surface area (Å²) in [6.07, 6.45) is 2.30. The van der Waals surface area contributed by atoms with E-state index in [4.69, 9.17) is 0 Å². The topological polar surface area (TPSA) is 73.8 Å². The summed E-state index contributed by atoms with van der Waals surface area (Å²) < 4.78 is 23.4. The number of hydrogen-bond acceptors (Lipinski definition) is 4. The maximum absolute atomic E-state index is 11.7. The molecule has 0 aliphatic heterocycles. The fourth-order valence-corrected chi connectivity index (χ4v) is 3.75. The Balaban J connectivity index is 0.00000676. The fraction of sp³-hybridized carbons (Fsp3) is 0.632. The van der Waals surface area contributed by atoms with Gasteiger partial charge in [0.15, 0.2) is 15.8 Å². The Hall–Kier alpha value is -0.870. The number of nitrogens with zero attached hydrogens (tertiary/aromatic N) is 2. The number of rotatable bonds is 10. The molecule has 1 aromatic carbocycles. The van der Waals surface area contributed by atoms with Gasteiger partial charge >= 0.3 is 0 Å². The Morgan fingerprint density at radius 3 is 2.33 bits per heavy atom. The maximum Gasteiger partial charge on any atom is 0.191 e. The van der Waals surface area contributed by atoms with Gasteiger partial charge in [-0.3, -0.25) is 0 Å². The summed E-state index contributed by atoms with van der Waals surface area (Å²) in [5, 5.41) is 6.61. The van der Waals surface area contributed by atoms with E-state index < -0.39 is 9.84 Å². The number of halogens is 1. The molecule has 0 saturated carbocycles. The molecule has 8 heteroatoms. The first kappa shape index (κ1) is 26.1. The first-order valence-corrected chi connectivity index (χ1v) is 11.2. The van der Waals surface area contributed by atoms with Gasteiger partial charge in [0.25, 0.3) is 0 Å². The minimum absolute atomic E-state index is 0. The van der Waals surface area contributed by atoms with Crippen molar-refractivity contribution in [2.24, 2.45) is 4.99 Å². The lowest BCUT2D eigenvalue weighted by molar-refractivity contribution is 0.300. The third-order valence-corrected chi connectivity index (χ3v) is 5.50. The highest BCUT2D eigenvalue weighted by atomic mass is 127. The van der Waals surface area contributed by atoms with Crippen LogP contribution in [0.15, 0.2) is 28.1 Å². The van der Waals surface area contributed by atoms with Crippen molar-refractivity contribution < 1.29 is 8.42 Å². The van der Waals surface area contributed by atoms with E-state index in [1.54, 1.807) is 6.07 Å². The number of benzene rings is 1. The summed E-state index contributed by atoms with van der Waals surface area (Å²) in [5.74, 6) is 0.789. The van der Waals surface area contributed by atoms with E-state index in [9.17, 15) is 8.42 Å². The molecule has 0 amide bonds. The van der Waals surface area contributed by atoms with Crippen molar-refractivity contribution in [1.29, 1.82) is 0 Å². The molecule has 0 heterocycles. The highest BCUT2D eigenvalue weighted by Crippen LogP contribution is 2.17. The Kier molecular flexibility index (Phi) is 12.9. The molecule has 156 valence electrons. The van der Waals surface area contributed by atoms with Gasteiger partial charge in [0.05, 0.1) is 11.4 Å². The van der Waals surface area contributed by atoms with Gasteiger partial charge in [-0.05, 0) is 57.1 Å². The van der Waals surface area contributed by atoms with Gasteiger partial charge in [0, 0.05) is 19.3 Å². The van der Waals surface area contributed by atoms with Crippen LogP contribution in [-0.2, 0) is 16.4 Å². The molecule has 0 aliphatic carbocycles. The van der Waals surface area contributed by atoms with E-state index in [0.717, 1.165) is 56.2 Å². The molecule has 0 aromatic heterocycles. The first-order chi connectivity index (χ1) is 12.3. The van der Waals surface area contributed by atoms with Crippen LogP contribution in [0.25, 0.3) is 0 Å². The van der Waals surface area contributed by atoms with Gasteiger partial charge < -0.3 is 15.5 Å². The lowest BCUT2D eigenvalue weighted by Crippen LogP contribution is -2.38. The maximum atomic E-state index is 11.7. The zero-order chi connectivity index (χ0) is 19.6. The molecule has 6 nitrogen and oxygen atoms in total. The van der Waals surface area contributed by atoms with E-state index >= 15 is 0 Å². The summed E-state index contributed by atoms with van der Waals surface area (Å²) in [7, 11) is -3.18. The van der Waals surface area contributed by atoms with Crippen LogP contribution in [0.2, 0.25) is 0 Å². The van der Waals surface area contributed by atoms with E-state index in [1.807, 2.05) is 26.0 Å². The Morgan fingerprint density at radius 1 is 1.15 bits per heavy atom. The van der Waals surface area contributed by atoms with Crippen molar-refractivity contribution in [3.8, 4) is 0 Å². The SMILES string of the molecule is CCNC(=NCc1ccc(S(C)(=O)=O)c(C)c1)NCCCN(CC)CC.I. The van der Waals surface area contributed by atoms with Gasteiger partial charge in [0.1, 0.15) is 0 Å². The van der Waals surface area contributed by atoms with Crippen LogP contribution >= 0.6 is 24.0 Å². The van der Waals surface area contributed by atoms with E-state index in [-0.39, 0.29) is 24.0 Å². The van der Waals surface area contributed by atoms with Crippen molar-refractivity contribution in [2.75, 3.05) is 39.0 Å². The van der Waals surface area contributed by atoms with Crippen molar-refractivity contribution in [2.45, 2.75) is 45.6 Å². The van der Waals surface area contributed by atoms with Gasteiger partial charge in [-0.1, -0.05) is 26.0 Å². The number of aryl methyl sites for hydroxylation is 1. The third kappa shape index (κ3) is 9.75. The fourth-order valence-electron chi connectivity index (χ4n) is 2.79. The smallest absolute Gasteiger partial charge is 0.191 e. The monoisotopic (exact) mass is 510 g/mol. The summed E-state index contributed by atoms with van der Waals surface area (Å²) in [5.41, 5.74) is 1.76. The average Bonchev–Trinajstić information content (AvgIpc) is 2.58. The van der Waals surface area contributed by atoms with E-state index in [2.05, 4.69) is 34.4 Å². The predicted octanol–water partition coefficient (Wildman–Crippen LogP) is 2.80. The largest absolute Gasteiger partial charge is 0.357 e. The number of aliphatic imine (C=N–C) groups is 1. The molecule has 0 unspecified atom stereocenters. The second-order valence-electron chi connectivity index (χ2n) is 6.37. The molecule has 1 rings (SSSR count). The Morgan fingerprint density at radius 2 is 1.81 bits per heavy atom. The van der Waals surface area contributed by atoms with Crippen LogP contribution in [0.4, 0.5) is 0 Å². The van der Waals surface area contributed by atoms with Crippen molar-refractivity contribution >= 4 is 39.8 Å². The molecule has 0 fully saturated rings. The lowest BCUT2D eigenvalue weighted by Gasteiger charge is -2.18. The molecule has 0 spiro atoms. The van der Waals surface area contributed by atoms with Crippen LogP contribution in [0.1, 0.15) is 38.3 Å². The highest BCUT2D eigenvalue weighted by Gasteiger charge is 2.10. The molecule has 27 heavy (non-hydrogen) atoms. The quantitative estimate of drug-likeness (QED) is 0.219. The summed E-state index contributed by atoms with van der Waals surface area (Å²) in [6, 6.07) is 5.39. The summed E-state index contributed by atoms with van der Waals surface area (Å²) in [6.45, 7) is 13.6. The van der Waals surface area contributed by atoms with E-state index in [0.29, 0.717) is 11.4 Å². The Bertz CT molecular complexity index is 689. The summed E-state index contributed by atoms with van der Waals surface area (Å²) >= 11 is 0. The number of sulfone groups is 1. The molecule has 0 bridgehead atoms. The van der Waals surface area contributed by atoms with Gasteiger partial charge in [0.2, 0.25) is 0 Å². The van der Waals surface area contributed by atoms with Crippen LogP contribution < -0.4 is 10.6 Å². The third-order valence-electron chi connectivity index (χ3n) is 4.24. The molecule has 0 radical (unpaired) electrons. The highest BCUT2D eigenvalue weighted by molar-refractivity contribution is 14.0. The molecule has 0 aliphatic rings. The van der Waals surface area contributed by atoms with Crippen LogP contribution in [0, 0.1) is 6.92 Å². The Labute approximate surface area is 182 Å².